The first kappa shape index (κ1) is 14.9. The van der Waals surface area contributed by atoms with Crippen molar-refractivity contribution in [3.63, 3.8) is 0 Å². The minimum Gasteiger partial charge on any atom is -0.347 e. The molecular weight excluding hydrogens is 268 g/mol. The summed E-state index contributed by atoms with van der Waals surface area (Å²) in [6.45, 7) is 10.9. The minimum absolute atomic E-state index is 0.00281. The van der Waals surface area contributed by atoms with E-state index in [9.17, 15) is 4.79 Å². The molecule has 0 unspecified atom stereocenters. The van der Waals surface area contributed by atoms with Crippen LogP contribution in [0.25, 0.3) is 0 Å². The van der Waals surface area contributed by atoms with Gasteiger partial charge in [0.25, 0.3) is 5.91 Å². The summed E-state index contributed by atoms with van der Waals surface area (Å²) in [5.41, 5.74) is 2.70. The number of thiophene rings is 1. The summed E-state index contributed by atoms with van der Waals surface area (Å²) >= 11 is 1.74. The number of hydrogen-bond donors (Lipinski definition) is 1. The third-order valence-corrected chi connectivity index (χ3v) is 4.06. The molecule has 0 aliphatic heterocycles. The molecule has 1 N–H and O–H groups in total. The quantitative estimate of drug-likeness (QED) is 0.918. The Labute approximate surface area is 124 Å². The van der Waals surface area contributed by atoms with Crippen LogP contribution in [0.5, 0.6) is 0 Å². The van der Waals surface area contributed by atoms with E-state index in [1.165, 1.54) is 4.88 Å². The molecule has 4 heteroatoms. The number of carbonyl (C=O) groups is 1. The highest BCUT2D eigenvalue weighted by molar-refractivity contribution is 7.09. The molecule has 2 aromatic rings. The summed E-state index contributed by atoms with van der Waals surface area (Å²) < 4.78 is 2.20. The lowest BCUT2D eigenvalue weighted by Gasteiger charge is -2.20. The fourth-order valence-corrected chi connectivity index (χ4v) is 2.93. The maximum Gasteiger partial charge on any atom is 0.253 e. The van der Waals surface area contributed by atoms with Crippen molar-refractivity contribution in [2.75, 3.05) is 0 Å². The Kier molecular flexibility index (Phi) is 4.04. The van der Waals surface area contributed by atoms with Gasteiger partial charge >= 0.3 is 0 Å². The van der Waals surface area contributed by atoms with Crippen molar-refractivity contribution in [3.8, 4) is 0 Å². The lowest BCUT2D eigenvalue weighted by Crippen LogP contribution is -2.40. The molecule has 2 aromatic heterocycles. The van der Waals surface area contributed by atoms with E-state index in [-0.39, 0.29) is 11.4 Å². The van der Waals surface area contributed by atoms with Crippen LogP contribution in [0.3, 0.4) is 0 Å². The number of nitrogens with one attached hydrogen (secondary N) is 1. The zero-order valence-electron chi connectivity index (χ0n) is 12.8. The molecule has 108 valence electrons. The second-order valence-electron chi connectivity index (χ2n) is 6.15. The summed E-state index contributed by atoms with van der Waals surface area (Å²) in [6, 6.07) is 6.16. The zero-order chi connectivity index (χ0) is 14.9. The van der Waals surface area contributed by atoms with Gasteiger partial charge in [0.05, 0.1) is 12.1 Å². The molecule has 0 bridgehead atoms. The van der Waals surface area contributed by atoms with Gasteiger partial charge in [0.15, 0.2) is 0 Å². The Hall–Kier alpha value is -1.55. The molecule has 0 aliphatic rings. The van der Waals surface area contributed by atoms with Crippen molar-refractivity contribution in [1.29, 1.82) is 0 Å². The Morgan fingerprint density at radius 2 is 2.05 bits per heavy atom. The molecule has 0 radical (unpaired) electrons. The summed E-state index contributed by atoms with van der Waals surface area (Å²) in [7, 11) is 0. The second kappa shape index (κ2) is 5.44. The first-order chi connectivity index (χ1) is 9.28. The van der Waals surface area contributed by atoms with Gasteiger partial charge in [0.1, 0.15) is 0 Å². The third kappa shape index (κ3) is 3.31. The lowest BCUT2D eigenvalue weighted by molar-refractivity contribution is 0.0919. The van der Waals surface area contributed by atoms with Crippen LogP contribution in [0.1, 0.15) is 47.4 Å². The predicted octanol–water partition coefficient (Wildman–Crippen LogP) is 3.74. The Morgan fingerprint density at radius 3 is 2.60 bits per heavy atom. The highest BCUT2D eigenvalue weighted by Crippen LogP contribution is 2.19. The van der Waals surface area contributed by atoms with Crippen LogP contribution >= 0.6 is 11.3 Å². The van der Waals surface area contributed by atoms with Gasteiger partial charge in [0, 0.05) is 21.8 Å². The van der Waals surface area contributed by atoms with Gasteiger partial charge in [0.2, 0.25) is 0 Å². The summed E-state index contributed by atoms with van der Waals surface area (Å²) in [4.78, 5) is 13.6. The fourth-order valence-electron chi connectivity index (χ4n) is 2.24. The van der Waals surface area contributed by atoms with E-state index < -0.39 is 0 Å². The summed E-state index contributed by atoms with van der Waals surface area (Å²) in [5, 5.41) is 5.11. The van der Waals surface area contributed by atoms with Crippen molar-refractivity contribution in [2.45, 2.75) is 46.7 Å². The number of aryl methyl sites for hydroxylation is 1. The van der Waals surface area contributed by atoms with Crippen LogP contribution in [0.2, 0.25) is 0 Å². The van der Waals surface area contributed by atoms with Crippen LogP contribution in [-0.4, -0.2) is 16.0 Å². The average molecular weight is 290 g/mol. The van der Waals surface area contributed by atoms with Gasteiger partial charge in [-0.25, -0.2) is 0 Å². The van der Waals surface area contributed by atoms with E-state index in [0.717, 1.165) is 23.5 Å². The van der Waals surface area contributed by atoms with Crippen LogP contribution in [0.15, 0.2) is 23.6 Å². The van der Waals surface area contributed by atoms with Crippen LogP contribution in [-0.2, 0) is 6.54 Å². The van der Waals surface area contributed by atoms with Crippen molar-refractivity contribution >= 4 is 17.2 Å². The Morgan fingerprint density at radius 1 is 1.35 bits per heavy atom. The van der Waals surface area contributed by atoms with Gasteiger partial charge in [-0.2, -0.15) is 0 Å². The molecule has 0 fully saturated rings. The van der Waals surface area contributed by atoms with Gasteiger partial charge in [-0.15, -0.1) is 11.3 Å². The SMILES string of the molecule is Cc1cc(C(=O)NC(C)(C)C)c(C)n1Cc1cccs1. The maximum absolute atomic E-state index is 12.3. The molecule has 20 heavy (non-hydrogen) atoms. The molecule has 2 rings (SSSR count). The van der Waals surface area contributed by atoms with Crippen LogP contribution in [0, 0.1) is 13.8 Å². The van der Waals surface area contributed by atoms with E-state index in [0.29, 0.717) is 0 Å². The van der Waals surface area contributed by atoms with E-state index in [2.05, 4.69) is 34.3 Å². The number of aromatic nitrogens is 1. The van der Waals surface area contributed by atoms with Crippen LogP contribution < -0.4 is 5.32 Å². The van der Waals surface area contributed by atoms with Gasteiger partial charge < -0.3 is 9.88 Å². The average Bonchev–Trinajstić information content (AvgIpc) is 2.90. The molecule has 2 heterocycles. The van der Waals surface area contributed by atoms with Gasteiger partial charge in [-0.3, -0.25) is 4.79 Å². The monoisotopic (exact) mass is 290 g/mol. The standard InChI is InChI=1S/C16H22N2OS/c1-11-9-14(15(19)17-16(3,4)5)12(2)18(11)10-13-7-6-8-20-13/h6-9H,10H2,1-5H3,(H,17,19). The lowest BCUT2D eigenvalue weighted by atomic mass is 10.1. The largest absolute Gasteiger partial charge is 0.347 e. The summed E-state index contributed by atoms with van der Waals surface area (Å²) in [5.74, 6) is 0.00281. The summed E-state index contributed by atoms with van der Waals surface area (Å²) in [6.07, 6.45) is 0. The van der Waals surface area contributed by atoms with E-state index >= 15 is 0 Å². The number of carbonyl (C=O) groups excluding carboxylic acids is 1. The topological polar surface area (TPSA) is 34.0 Å². The van der Waals surface area contributed by atoms with E-state index in [1.54, 1.807) is 11.3 Å². The first-order valence-corrected chi connectivity index (χ1v) is 7.67. The van der Waals surface area contributed by atoms with Gasteiger partial charge in [-0.05, 0) is 52.1 Å². The molecule has 0 aliphatic carbocycles. The number of rotatable bonds is 3. The van der Waals surface area contributed by atoms with E-state index in [1.807, 2.05) is 33.8 Å². The zero-order valence-corrected chi connectivity index (χ0v) is 13.6. The van der Waals surface area contributed by atoms with Gasteiger partial charge in [-0.1, -0.05) is 6.07 Å². The molecule has 1 amide bonds. The second-order valence-corrected chi connectivity index (χ2v) is 7.19. The smallest absolute Gasteiger partial charge is 0.253 e. The first-order valence-electron chi connectivity index (χ1n) is 6.79. The Balaban J connectivity index is 2.27. The highest BCUT2D eigenvalue weighted by atomic mass is 32.1. The number of amides is 1. The molecule has 0 aromatic carbocycles. The molecule has 0 saturated heterocycles. The molecular formula is C16H22N2OS. The van der Waals surface area contributed by atoms with Crippen molar-refractivity contribution in [1.82, 2.24) is 9.88 Å². The van der Waals surface area contributed by atoms with Crippen molar-refractivity contribution < 1.29 is 4.79 Å². The molecule has 0 spiro atoms. The number of hydrogen-bond acceptors (Lipinski definition) is 2. The third-order valence-electron chi connectivity index (χ3n) is 3.20. The van der Waals surface area contributed by atoms with Crippen molar-refractivity contribution in [2.24, 2.45) is 0 Å². The van der Waals surface area contributed by atoms with Crippen molar-refractivity contribution in [3.05, 3.63) is 45.4 Å². The molecule has 3 nitrogen and oxygen atoms in total. The minimum atomic E-state index is -0.215. The predicted molar refractivity (Wildman–Crippen MR) is 84.5 cm³/mol. The highest BCUT2D eigenvalue weighted by Gasteiger charge is 2.20. The normalized spacial score (nSPS) is 11.7. The fraction of sp³-hybridized carbons (Fsp3) is 0.438. The molecule has 0 saturated carbocycles. The Bertz CT molecular complexity index is 603. The van der Waals surface area contributed by atoms with E-state index in [4.69, 9.17) is 0 Å². The van der Waals surface area contributed by atoms with Crippen LogP contribution in [0.4, 0.5) is 0 Å². The maximum atomic E-state index is 12.3. The molecule has 0 atom stereocenters. The number of nitrogens with zero attached hydrogens (tertiary/aromatic N) is 1.